The van der Waals surface area contributed by atoms with Gasteiger partial charge in [0.05, 0.1) is 0 Å². The van der Waals surface area contributed by atoms with Crippen LogP contribution in [0, 0.1) is 0 Å². The van der Waals surface area contributed by atoms with E-state index in [1.54, 1.807) is 0 Å². The van der Waals surface area contributed by atoms with Crippen molar-refractivity contribution in [3.05, 3.63) is 35.9 Å². The molecule has 0 radical (unpaired) electrons. The van der Waals surface area contributed by atoms with Crippen LogP contribution in [0.2, 0.25) is 13.3 Å². The number of hydrogen-bond acceptors (Lipinski definition) is 0. The van der Waals surface area contributed by atoms with Crippen molar-refractivity contribution in [3.8, 4) is 0 Å². The Balaban J connectivity index is 3.00. The molecule has 1 aromatic carbocycles. The predicted molar refractivity (Wildman–Crippen MR) is 72.1 cm³/mol. The summed E-state index contributed by atoms with van der Waals surface area (Å²) in [5.74, 6) is 0. The first-order chi connectivity index (χ1) is 6.77. The third-order valence-corrected chi connectivity index (χ3v) is 22.5. The van der Waals surface area contributed by atoms with E-state index >= 15 is 0 Å². The van der Waals surface area contributed by atoms with Crippen molar-refractivity contribution in [2.75, 3.05) is 0 Å². The molecule has 0 aromatic heterocycles. The Labute approximate surface area is 99.0 Å². The first kappa shape index (κ1) is 13.1. The van der Waals surface area contributed by atoms with Crippen molar-refractivity contribution in [3.63, 3.8) is 0 Å². The minimum absolute atomic E-state index is 0.532. The van der Waals surface area contributed by atoms with Crippen LogP contribution in [0.5, 0.6) is 0 Å². The van der Waals surface area contributed by atoms with E-state index in [0.717, 1.165) is 3.93 Å². The first-order valence-corrected chi connectivity index (χ1v) is 14.6. The molecule has 84 valence electrons. The van der Waals surface area contributed by atoms with E-state index < -0.39 is 18.4 Å². The topological polar surface area (TPSA) is 0 Å². The van der Waals surface area contributed by atoms with Crippen LogP contribution < -0.4 is 0 Å². The fraction of sp³-hybridized carbons (Fsp3) is 0.571. The van der Waals surface area contributed by atoms with Gasteiger partial charge in [0.2, 0.25) is 0 Å². The Morgan fingerprint density at radius 3 is 1.87 bits per heavy atom. The second-order valence-electron chi connectivity index (χ2n) is 6.10. The molecule has 0 aliphatic heterocycles. The minimum atomic E-state index is -2.04. The van der Waals surface area contributed by atoms with Crippen LogP contribution in [0.4, 0.5) is 0 Å². The third kappa shape index (κ3) is 2.77. The van der Waals surface area contributed by atoms with Crippen LogP contribution in [0.1, 0.15) is 37.2 Å². The van der Waals surface area contributed by atoms with Gasteiger partial charge in [-0.1, -0.05) is 0 Å². The van der Waals surface area contributed by atoms with Crippen molar-refractivity contribution in [1.82, 2.24) is 0 Å². The summed E-state index contributed by atoms with van der Waals surface area (Å²) in [4.78, 5) is 5.15. The molecule has 1 heteroatoms. The predicted octanol–water partition coefficient (Wildman–Crippen LogP) is 4.84. The Kier molecular flexibility index (Phi) is 3.91. The number of rotatable bonds is 2. The zero-order valence-corrected chi connectivity index (χ0v) is 13.8. The first-order valence-electron chi connectivity index (χ1n) is 5.82. The van der Waals surface area contributed by atoms with Gasteiger partial charge in [-0.2, -0.15) is 0 Å². The summed E-state index contributed by atoms with van der Waals surface area (Å²) in [6, 6.07) is 11.0. The van der Waals surface area contributed by atoms with E-state index in [0.29, 0.717) is 3.43 Å². The van der Waals surface area contributed by atoms with Gasteiger partial charge in [-0.15, -0.1) is 0 Å². The molecule has 0 fully saturated rings. The molecule has 1 rings (SSSR count). The summed E-state index contributed by atoms with van der Waals surface area (Å²) >= 11 is -2.04. The van der Waals surface area contributed by atoms with Crippen LogP contribution in [0.15, 0.2) is 30.3 Å². The Morgan fingerprint density at radius 2 is 1.47 bits per heavy atom. The van der Waals surface area contributed by atoms with Crippen LogP contribution in [-0.4, -0.2) is 18.4 Å². The van der Waals surface area contributed by atoms with Crippen molar-refractivity contribution < 1.29 is 0 Å². The maximum absolute atomic E-state index is 2.58. The molecule has 1 unspecified atom stereocenters. The average Bonchev–Trinajstić information content (AvgIpc) is 2.16. The SMILES string of the molecule is C[CH](c1ccccc1)[Sn]([CH3])([CH3])[C](C)(C)C. The van der Waals surface area contributed by atoms with Crippen molar-refractivity contribution in [2.24, 2.45) is 0 Å². The van der Waals surface area contributed by atoms with Crippen LogP contribution in [0.25, 0.3) is 0 Å². The van der Waals surface area contributed by atoms with Gasteiger partial charge >= 0.3 is 99.2 Å². The van der Waals surface area contributed by atoms with Crippen LogP contribution in [0.3, 0.4) is 0 Å². The molecule has 0 bridgehead atoms. The molecule has 0 aliphatic carbocycles. The van der Waals surface area contributed by atoms with Gasteiger partial charge in [-0.05, 0) is 0 Å². The van der Waals surface area contributed by atoms with Gasteiger partial charge in [-0.3, -0.25) is 0 Å². The molecule has 1 atom stereocenters. The molecule has 0 N–H and O–H groups in total. The summed E-state index contributed by atoms with van der Waals surface area (Å²) in [5, 5.41) is 0. The number of benzene rings is 1. The molecule has 0 nitrogen and oxygen atoms in total. The van der Waals surface area contributed by atoms with E-state index in [2.05, 4.69) is 67.9 Å². The van der Waals surface area contributed by atoms with Gasteiger partial charge in [0.15, 0.2) is 0 Å². The molecule has 0 saturated heterocycles. The zero-order chi connectivity index (χ0) is 11.7. The standard InChI is InChI=1S/C8H9.C4H9.2CH3.Sn/c1-2-8-6-4-3-5-7-8;1-4(2)3;;;/h2-7H,1H3;1-3H3;2*1H3;. The molecular formula is C14H24Sn. The summed E-state index contributed by atoms with van der Waals surface area (Å²) in [5.41, 5.74) is 1.54. The van der Waals surface area contributed by atoms with Gasteiger partial charge in [0.25, 0.3) is 0 Å². The Morgan fingerprint density at radius 1 is 1.00 bits per heavy atom. The molecule has 15 heavy (non-hydrogen) atoms. The second-order valence-corrected chi connectivity index (χ2v) is 22.7. The van der Waals surface area contributed by atoms with Gasteiger partial charge in [0.1, 0.15) is 0 Å². The average molecular weight is 311 g/mol. The third-order valence-electron chi connectivity index (χ3n) is 4.32. The molecule has 0 saturated carbocycles. The molecule has 1 aromatic rings. The normalized spacial score (nSPS) is 15.1. The van der Waals surface area contributed by atoms with E-state index in [1.807, 2.05) is 0 Å². The Hall–Kier alpha value is 0.0187. The van der Waals surface area contributed by atoms with Crippen molar-refractivity contribution in [2.45, 2.75) is 44.9 Å². The van der Waals surface area contributed by atoms with Crippen molar-refractivity contribution >= 4 is 18.4 Å². The second kappa shape index (κ2) is 4.48. The summed E-state index contributed by atoms with van der Waals surface area (Å²) in [6.45, 7) is 9.68. The fourth-order valence-corrected chi connectivity index (χ4v) is 8.44. The quantitative estimate of drug-likeness (QED) is 0.686. The van der Waals surface area contributed by atoms with E-state index in [-0.39, 0.29) is 0 Å². The van der Waals surface area contributed by atoms with Crippen LogP contribution >= 0.6 is 0 Å². The summed E-state index contributed by atoms with van der Waals surface area (Å²) < 4.78 is 1.32. The van der Waals surface area contributed by atoms with E-state index in [9.17, 15) is 0 Å². The monoisotopic (exact) mass is 312 g/mol. The molecule has 0 spiro atoms. The Bertz CT molecular complexity index is 306. The van der Waals surface area contributed by atoms with E-state index in [1.165, 1.54) is 5.56 Å². The number of hydrogen-bond donors (Lipinski definition) is 0. The van der Waals surface area contributed by atoms with Gasteiger partial charge in [-0.25, -0.2) is 0 Å². The molecule has 0 amide bonds. The molecular weight excluding hydrogens is 287 g/mol. The maximum atomic E-state index is 2.58. The fourth-order valence-electron chi connectivity index (χ4n) is 1.81. The molecule has 0 heterocycles. The zero-order valence-electron chi connectivity index (χ0n) is 11.0. The summed E-state index contributed by atoms with van der Waals surface area (Å²) in [6.07, 6.45) is 0. The van der Waals surface area contributed by atoms with Crippen molar-refractivity contribution in [1.29, 1.82) is 0 Å². The van der Waals surface area contributed by atoms with Gasteiger partial charge in [0, 0.05) is 0 Å². The summed E-state index contributed by atoms with van der Waals surface area (Å²) in [7, 11) is 0. The van der Waals surface area contributed by atoms with Gasteiger partial charge < -0.3 is 0 Å². The van der Waals surface area contributed by atoms with E-state index in [4.69, 9.17) is 0 Å². The molecule has 0 aliphatic rings. The van der Waals surface area contributed by atoms with Crippen LogP contribution in [-0.2, 0) is 0 Å².